The van der Waals surface area contributed by atoms with Gasteiger partial charge in [0.05, 0.1) is 0 Å². The van der Waals surface area contributed by atoms with Crippen molar-refractivity contribution in [1.82, 2.24) is 0 Å². The van der Waals surface area contributed by atoms with Gasteiger partial charge in [-0.25, -0.2) is 0 Å². The third-order valence-corrected chi connectivity index (χ3v) is 3.09. The number of rotatable bonds is 6. The summed E-state index contributed by atoms with van der Waals surface area (Å²) in [6, 6.07) is 18.9. The molecule has 0 aliphatic heterocycles. The molecule has 0 heterocycles. The van der Waals surface area contributed by atoms with E-state index in [0.717, 1.165) is 11.1 Å². The predicted octanol–water partition coefficient (Wildman–Crippen LogP) is 4.89. The summed E-state index contributed by atoms with van der Waals surface area (Å²) < 4.78 is 5.71. The Balaban J connectivity index is 2.27. The van der Waals surface area contributed by atoms with Crippen LogP contribution in [0.3, 0.4) is 0 Å². The lowest BCUT2D eigenvalue weighted by Gasteiger charge is -2.09. The first-order chi connectivity index (χ1) is 10.7. The Morgan fingerprint density at radius 2 is 1.55 bits per heavy atom. The molecule has 0 atom stereocenters. The van der Waals surface area contributed by atoms with Crippen LogP contribution in [0.1, 0.15) is 29.8 Å². The number of benzene rings is 2. The molecule has 112 valence electrons. The van der Waals surface area contributed by atoms with Gasteiger partial charge in [-0.05, 0) is 31.6 Å². The molecule has 0 fully saturated rings. The second-order valence-electron chi connectivity index (χ2n) is 5.21. The molecule has 0 aromatic heterocycles. The van der Waals surface area contributed by atoms with E-state index in [0.29, 0.717) is 17.9 Å². The average molecular weight is 292 g/mol. The molecule has 0 saturated heterocycles. The minimum atomic E-state index is -0.105. The smallest absolute Gasteiger partial charge is 0.227 e. The second kappa shape index (κ2) is 7.99. The summed E-state index contributed by atoms with van der Waals surface area (Å²) in [5.74, 6) is 0.251. The van der Waals surface area contributed by atoms with Crippen molar-refractivity contribution in [1.29, 1.82) is 0 Å². The molecular formula is C20H20O2. The van der Waals surface area contributed by atoms with E-state index in [1.165, 1.54) is 0 Å². The predicted molar refractivity (Wildman–Crippen MR) is 90.6 cm³/mol. The van der Waals surface area contributed by atoms with E-state index < -0.39 is 0 Å². The van der Waals surface area contributed by atoms with Crippen molar-refractivity contribution in [2.75, 3.05) is 6.61 Å². The number of hydrogen-bond donors (Lipinski definition) is 0. The SMILES string of the molecule is CC(C)=CCOC(=Cc1ccccc1)C(=O)c1ccccc1. The Morgan fingerprint density at radius 1 is 0.955 bits per heavy atom. The fraction of sp³-hybridized carbons (Fsp3) is 0.150. The normalized spacial score (nSPS) is 10.9. The molecule has 0 amide bonds. The lowest BCUT2D eigenvalue weighted by molar-refractivity contribution is 0.0940. The van der Waals surface area contributed by atoms with E-state index in [1.54, 1.807) is 18.2 Å². The lowest BCUT2D eigenvalue weighted by atomic mass is 10.1. The zero-order valence-corrected chi connectivity index (χ0v) is 13.0. The maximum absolute atomic E-state index is 12.6. The first-order valence-corrected chi connectivity index (χ1v) is 7.29. The zero-order valence-electron chi connectivity index (χ0n) is 13.0. The van der Waals surface area contributed by atoms with Crippen LogP contribution in [0.25, 0.3) is 6.08 Å². The minimum absolute atomic E-state index is 0.105. The quantitative estimate of drug-likeness (QED) is 0.328. The Bertz CT molecular complexity index is 663. The third kappa shape index (κ3) is 4.74. The average Bonchev–Trinajstić information content (AvgIpc) is 2.55. The van der Waals surface area contributed by atoms with E-state index in [2.05, 4.69) is 0 Å². The monoisotopic (exact) mass is 292 g/mol. The molecule has 0 bridgehead atoms. The number of allylic oxidation sites excluding steroid dienone is 2. The Labute approximate surface area is 131 Å². The molecule has 0 spiro atoms. The number of Topliss-reactive ketones (excluding diaryl/α,β-unsaturated/α-hetero) is 1. The number of ketones is 1. The largest absolute Gasteiger partial charge is 0.485 e. The summed E-state index contributed by atoms with van der Waals surface area (Å²) in [4.78, 5) is 12.6. The summed E-state index contributed by atoms with van der Waals surface area (Å²) in [7, 11) is 0. The summed E-state index contributed by atoms with van der Waals surface area (Å²) in [6.07, 6.45) is 3.74. The van der Waals surface area contributed by atoms with Gasteiger partial charge in [-0.15, -0.1) is 0 Å². The van der Waals surface area contributed by atoms with Crippen LogP contribution >= 0.6 is 0 Å². The van der Waals surface area contributed by atoms with Gasteiger partial charge < -0.3 is 4.74 Å². The van der Waals surface area contributed by atoms with Crippen LogP contribution in [0.4, 0.5) is 0 Å². The number of carbonyl (C=O) groups excluding carboxylic acids is 1. The minimum Gasteiger partial charge on any atom is -0.485 e. The number of ether oxygens (including phenoxy) is 1. The Hall–Kier alpha value is -2.61. The molecule has 2 rings (SSSR count). The van der Waals surface area contributed by atoms with Crippen molar-refractivity contribution < 1.29 is 9.53 Å². The molecule has 0 N–H and O–H groups in total. The number of carbonyl (C=O) groups is 1. The van der Waals surface area contributed by atoms with Gasteiger partial charge >= 0.3 is 0 Å². The summed E-state index contributed by atoms with van der Waals surface area (Å²) in [5, 5.41) is 0. The van der Waals surface area contributed by atoms with Crippen LogP contribution in [0.5, 0.6) is 0 Å². The fourth-order valence-corrected chi connectivity index (χ4v) is 1.90. The first kappa shape index (κ1) is 15.8. The number of hydrogen-bond acceptors (Lipinski definition) is 2. The highest BCUT2D eigenvalue weighted by molar-refractivity contribution is 6.09. The molecule has 2 aromatic carbocycles. The van der Waals surface area contributed by atoms with Crippen molar-refractivity contribution in [3.05, 3.63) is 89.2 Å². The van der Waals surface area contributed by atoms with Crippen LogP contribution in [0, 0.1) is 0 Å². The second-order valence-corrected chi connectivity index (χ2v) is 5.21. The van der Waals surface area contributed by atoms with Crippen molar-refractivity contribution in [2.24, 2.45) is 0 Å². The third-order valence-electron chi connectivity index (χ3n) is 3.09. The van der Waals surface area contributed by atoms with Crippen LogP contribution in [0.2, 0.25) is 0 Å². The van der Waals surface area contributed by atoms with Gasteiger partial charge in [0.2, 0.25) is 5.78 Å². The molecule has 2 aromatic rings. The van der Waals surface area contributed by atoms with Crippen LogP contribution in [-0.2, 0) is 4.74 Å². The topological polar surface area (TPSA) is 26.3 Å². The van der Waals surface area contributed by atoms with Crippen LogP contribution in [0.15, 0.2) is 78.1 Å². The van der Waals surface area contributed by atoms with Gasteiger partial charge in [-0.2, -0.15) is 0 Å². The van der Waals surface area contributed by atoms with Crippen LogP contribution < -0.4 is 0 Å². The molecule has 0 saturated carbocycles. The van der Waals surface area contributed by atoms with Gasteiger partial charge in [0.1, 0.15) is 6.61 Å². The summed E-state index contributed by atoms with van der Waals surface area (Å²) in [6.45, 7) is 4.39. The highest BCUT2D eigenvalue weighted by Gasteiger charge is 2.13. The van der Waals surface area contributed by atoms with E-state index >= 15 is 0 Å². The maximum Gasteiger partial charge on any atom is 0.227 e. The standard InChI is InChI=1S/C20H20O2/c1-16(2)13-14-22-19(15-17-9-5-3-6-10-17)20(21)18-11-7-4-8-12-18/h3-13,15H,14H2,1-2H3. The van der Waals surface area contributed by atoms with E-state index in [-0.39, 0.29) is 5.78 Å². The lowest BCUT2D eigenvalue weighted by Crippen LogP contribution is -2.07. The maximum atomic E-state index is 12.6. The van der Waals surface area contributed by atoms with Crippen molar-refractivity contribution in [3.8, 4) is 0 Å². The highest BCUT2D eigenvalue weighted by atomic mass is 16.5. The zero-order chi connectivity index (χ0) is 15.8. The van der Waals surface area contributed by atoms with E-state index in [4.69, 9.17) is 4.74 Å². The van der Waals surface area contributed by atoms with Gasteiger partial charge in [0.25, 0.3) is 0 Å². The highest BCUT2D eigenvalue weighted by Crippen LogP contribution is 2.14. The molecule has 0 aliphatic rings. The fourth-order valence-electron chi connectivity index (χ4n) is 1.90. The van der Waals surface area contributed by atoms with Gasteiger partial charge in [-0.1, -0.05) is 66.2 Å². The molecule has 2 heteroatoms. The van der Waals surface area contributed by atoms with Crippen molar-refractivity contribution >= 4 is 11.9 Å². The molecule has 0 radical (unpaired) electrons. The van der Waals surface area contributed by atoms with Crippen LogP contribution in [-0.4, -0.2) is 12.4 Å². The summed E-state index contributed by atoms with van der Waals surface area (Å²) in [5.41, 5.74) is 2.73. The molecule has 0 unspecified atom stereocenters. The van der Waals surface area contributed by atoms with E-state index in [9.17, 15) is 4.79 Å². The van der Waals surface area contributed by atoms with E-state index in [1.807, 2.05) is 68.5 Å². The summed E-state index contributed by atoms with van der Waals surface area (Å²) >= 11 is 0. The van der Waals surface area contributed by atoms with Crippen molar-refractivity contribution in [2.45, 2.75) is 13.8 Å². The molecular weight excluding hydrogens is 272 g/mol. The Morgan fingerprint density at radius 3 is 2.14 bits per heavy atom. The van der Waals surface area contributed by atoms with Gasteiger partial charge in [0, 0.05) is 5.56 Å². The first-order valence-electron chi connectivity index (χ1n) is 7.29. The van der Waals surface area contributed by atoms with Gasteiger partial charge in [0.15, 0.2) is 5.76 Å². The molecule has 0 aliphatic carbocycles. The molecule has 2 nitrogen and oxygen atoms in total. The van der Waals surface area contributed by atoms with Gasteiger partial charge in [-0.3, -0.25) is 4.79 Å². The van der Waals surface area contributed by atoms with Crippen molar-refractivity contribution in [3.63, 3.8) is 0 Å². The molecule has 22 heavy (non-hydrogen) atoms. The Kier molecular flexibility index (Phi) is 5.73.